The molecule has 5 nitrogen and oxygen atoms in total. The van der Waals surface area contributed by atoms with Crippen LogP contribution in [0.25, 0.3) is 11.0 Å². The van der Waals surface area contributed by atoms with Crippen molar-refractivity contribution < 1.29 is 4.74 Å². The number of imidazole rings is 1. The van der Waals surface area contributed by atoms with Gasteiger partial charge in [-0.25, -0.2) is 15.8 Å². The number of hydrogen-bond acceptors (Lipinski definition) is 4. The molecule has 0 bridgehead atoms. The minimum atomic E-state index is 0.0271. The van der Waals surface area contributed by atoms with Gasteiger partial charge in [0.1, 0.15) is 11.6 Å². The fraction of sp³-hybridized carbons (Fsp3) is 0.321. The van der Waals surface area contributed by atoms with Crippen LogP contribution < -0.4 is 15.6 Å². The average molecular weight is 441 g/mol. The van der Waals surface area contributed by atoms with E-state index in [-0.39, 0.29) is 18.0 Å². The lowest BCUT2D eigenvalue weighted by Gasteiger charge is -2.23. The van der Waals surface area contributed by atoms with E-state index >= 15 is 0 Å². The molecule has 0 radical (unpaired) electrons. The molecule has 0 saturated carbocycles. The van der Waals surface area contributed by atoms with Crippen LogP contribution in [0.1, 0.15) is 67.6 Å². The fourth-order valence-electron chi connectivity index (χ4n) is 4.75. The SMILES string of the molecule is CCCCCCOc1ccc(C2NNC(c3nc4ccccc4[nH]3)C2c2ccccc2)cc1. The molecule has 2 heterocycles. The van der Waals surface area contributed by atoms with Crippen molar-refractivity contribution in [3.8, 4) is 5.75 Å². The van der Waals surface area contributed by atoms with Crippen molar-refractivity contribution in [2.75, 3.05) is 6.61 Å². The Hall–Kier alpha value is -3.15. The predicted octanol–water partition coefficient (Wildman–Crippen LogP) is 6.20. The standard InChI is InChI=1S/C28H32N4O/c1-2-3-4-10-19-33-22-17-15-21(16-18-22)26-25(20-11-6-5-7-12-20)27(32-31-26)28-29-23-13-8-9-14-24(23)30-28/h5-9,11-18,25-27,31-32H,2-4,10,19H2,1H3,(H,29,30). The van der Waals surface area contributed by atoms with Crippen molar-refractivity contribution in [3.05, 3.63) is 95.8 Å². The smallest absolute Gasteiger partial charge is 0.126 e. The van der Waals surface area contributed by atoms with Crippen LogP contribution in [0.2, 0.25) is 0 Å². The Morgan fingerprint density at radius 3 is 2.30 bits per heavy atom. The van der Waals surface area contributed by atoms with Crippen molar-refractivity contribution in [1.29, 1.82) is 0 Å². The summed E-state index contributed by atoms with van der Waals surface area (Å²) in [5.41, 5.74) is 11.6. The first kappa shape index (κ1) is 21.7. The van der Waals surface area contributed by atoms with Gasteiger partial charge in [0.25, 0.3) is 0 Å². The Bertz CT molecular complexity index is 1120. The van der Waals surface area contributed by atoms with Crippen molar-refractivity contribution in [2.24, 2.45) is 0 Å². The number of nitrogens with zero attached hydrogens (tertiary/aromatic N) is 1. The first-order chi connectivity index (χ1) is 16.3. The second kappa shape index (κ2) is 10.2. The summed E-state index contributed by atoms with van der Waals surface area (Å²) in [5, 5.41) is 0. The molecule has 3 N–H and O–H groups in total. The van der Waals surface area contributed by atoms with Gasteiger partial charge in [0, 0.05) is 5.92 Å². The molecule has 1 aromatic heterocycles. The second-order valence-corrected chi connectivity index (χ2v) is 8.80. The Labute approximate surface area is 195 Å². The molecule has 3 atom stereocenters. The molecule has 3 aromatic carbocycles. The van der Waals surface area contributed by atoms with Gasteiger partial charge in [-0.1, -0.05) is 80.8 Å². The Morgan fingerprint density at radius 1 is 0.758 bits per heavy atom. The molecule has 33 heavy (non-hydrogen) atoms. The molecule has 1 fully saturated rings. The van der Waals surface area contributed by atoms with E-state index in [2.05, 4.69) is 83.4 Å². The number of H-pyrrole nitrogens is 1. The second-order valence-electron chi connectivity index (χ2n) is 8.80. The van der Waals surface area contributed by atoms with Crippen molar-refractivity contribution in [3.63, 3.8) is 0 Å². The molecule has 0 amide bonds. The Morgan fingerprint density at radius 2 is 1.52 bits per heavy atom. The van der Waals surface area contributed by atoms with Gasteiger partial charge in [0.15, 0.2) is 0 Å². The van der Waals surface area contributed by atoms with E-state index in [1.54, 1.807) is 0 Å². The lowest BCUT2D eigenvalue weighted by Crippen LogP contribution is -2.27. The van der Waals surface area contributed by atoms with Crippen molar-refractivity contribution in [2.45, 2.75) is 50.6 Å². The molecular weight excluding hydrogens is 408 g/mol. The maximum absolute atomic E-state index is 5.95. The van der Waals surface area contributed by atoms with Crippen LogP contribution in [-0.2, 0) is 0 Å². The van der Waals surface area contributed by atoms with E-state index in [0.717, 1.165) is 35.6 Å². The summed E-state index contributed by atoms with van der Waals surface area (Å²) in [5.74, 6) is 2.07. The summed E-state index contributed by atoms with van der Waals surface area (Å²) >= 11 is 0. The van der Waals surface area contributed by atoms with Crippen LogP contribution in [0, 0.1) is 0 Å². The minimum absolute atomic E-state index is 0.0271. The van der Waals surface area contributed by atoms with E-state index in [1.807, 2.05) is 18.2 Å². The molecule has 1 aliphatic rings. The molecule has 170 valence electrons. The third-order valence-electron chi connectivity index (χ3n) is 6.51. The molecule has 1 saturated heterocycles. The number of hydrogen-bond donors (Lipinski definition) is 3. The predicted molar refractivity (Wildman–Crippen MR) is 133 cm³/mol. The maximum atomic E-state index is 5.95. The minimum Gasteiger partial charge on any atom is -0.494 e. The van der Waals surface area contributed by atoms with E-state index in [1.165, 1.54) is 30.4 Å². The van der Waals surface area contributed by atoms with E-state index in [9.17, 15) is 0 Å². The monoisotopic (exact) mass is 440 g/mol. The van der Waals surface area contributed by atoms with Gasteiger partial charge < -0.3 is 9.72 Å². The van der Waals surface area contributed by atoms with Crippen LogP contribution in [0.5, 0.6) is 5.75 Å². The lowest BCUT2D eigenvalue weighted by atomic mass is 9.83. The summed E-state index contributed by atoms with van der Waals surface area (Å²) in [6.07, 6.45) is 4.86. The van der Waals surface area contributed by atoms with Crippen LogP contribution in [0.15, 0.2) is 78.9 Å². The summed E-state index contributed by atoms with van der Waals surface area (Å²) in [7, 11) is 0. The topological polar surface area (TPSA) is 62.0 Å². The van der Waals surface area contributed by atoms with E-state index in [0.29, 0.717) is 0 Å². The van der Waals surface area contributed by atoms with Crippen LogP contribution in [-0.4, -0.2) is 16.6 Å². The van der Waals surface area contributed by atoms with Crippen LogP contribution in [0.3, 0.4) is 0 Å². The summed E-state index contributed by atoms with van der Waals surface area (Å²) < 4.78 is 5.95. The van der Waals surface area contributed by atoms with Gasteiger partial charge >= 0.3 is 0 Å². The third-order valence-corrected chi connectivity index (χ3v) is 6.51. The van der Waals surface area contributed by atoms with Crippen LogP contribution in [0.4, 0.5) is 0 Å². The third kappa shape index (κ3) is 4.80. The molecule has 5 heteroatoms. The largest absolute Gasteiger partial charge is 0.494 e. The number of rotatable bonds is 9. The van der Waals surface area contributed by atoms with Gasteiger partial charge in [-0.15, -0.1) is 0 Å². The molecular formula is C28H32N4O. The zero-order valence-corrected chi connectivity index (χ0v) is 19.1. The molecule has 0 spiro atoms. The summed E-state index contributed by atoms with van der Waals surface area (Å²) in [6.45, 7) is 3.01. The van der Waals surface area contributed by atoms with Gasteiger partial charge in [-0.05, 0) is 41.8 Å². The molecule has 0 aliphatic carbocycles. The number of unbranched alkanes of at least 4 members (excludes halogenated alkanes) is 3. The highest BCUT2D eigenvalue weighted by molar-refractivity contribution is 5.74. The van der Waals surface area contributed by atoms with Gasteiger partial charge in [0.05, 0.1) is 29.7 Å². The molecule has 3 unspecified atom stereocenters. The van der Waals surface area contributed by atoms with Gasteiger partial charge in [-0.3, -0.25) is 0 Å². The summed E-state index contributed by atoms with van der Waals surface area (Å²) in [4.78, 5) is 8.41. The highest BCUT2D eigenvalue weighted by Gasteiger charge is 2.40. The first-order valence-electron chi connectivity index (χ1n) is 12.1. The normalized spacial score (nSPS) is 20.3. The highest BCUT2D eigenvalue weighted by Crippen LogP contribution is 2.43. The first-order valence-corrected chi connectivity index (χ1v) is 12.1. The zero-order valence-electron chi connectivity index (χ0n) is 19.1. The van der Waals surface area contributed by atoms with Gasteiger partial charge in [-0.2, -0.15) is 0 Å². The maximum Gasteiger partial charge on any atom is 0.126 e. The van der Waals surface area contributed by atoms with E-state index in [4.69, 9.17) is 9.72 Å². The average Bonchev–Trinajstić information content (AvgIpc) is 3.49. The quantitative estimate of drug-likeness (QED) is 0.271. The fourth-order valence-corrected chi connectivity index (χ4v) is 4.75. The molecule has 1 aliphatic heterocycles. The highest BCUT2D eigenvalue weighted by atomic mass is 16.5. The lowest BCUT2D eigenvalue weighted by molar-refractivity contribution is 0.305. The van der Waals surface area contributed by atoms with Crippen LogP contribution >= 0.6 is 0 Å². The number of benzene rings is 3. The number of hydrazine groups is 1. The molecule has 4 aromatic rings. The van der Waals surface area contributed by atoms with E-state index < -0.39 is 0 Å². The number of ether oxygens (including phenoxy) is 1. The van der Waals surface area contributed by atoms with Crippen molar-refractivity contribution in [1.82, 2.24) is 20.8 Å². The van der Waals surface area contributed by atoms with Gasteiger partial charge in [0.2, 0.25) is 0 Å². The number of fused-ring (bicyclic) bond motifs is 1. The molecule has 5 rings (SSSR count). The number of nitrogens with one attached hydrogen (secondary N) is 3. The Kier molecular flexibility index (Phi) is 6.70. The Balaban J connectivity index is 1.37. The summed E-state index contributed by atoms with van der Waals surface area (Å²) in [6, 6.07) is 27.6. The number of aromatic amines is 1. The zero-order chi connectivity index (χ0) is 22.5. The number of aromatic nitrogens is 2. The number of para-hydroxylation sites is 2. The van der Waals surface area contributed by atoms with Crippen molar-refractivity contribution >= 4 is 11.0 Å².